The third-order valence-electron chi connectivity index (χ3n) is 5.03. The molecule has 1 saturated carbocycles. The van der Waals surface area contributed by atoms with Crippen molar-refractivity contribution in [1.82, 2.24) is 10.2 Å². The van der Waals surface area contributed by atoms with Crippen LogP contribution in [0.5, 0.6) is 0 Å². The van der Waals surface area contributed by atoms with Crippen molar-refractivity contribution in [3.63, 3.8) is 0 Å². The first-order valence-corrected chi connectivity index (χ1v) is 8.18. The zero-order chi connectivity index (χ0) is 13.7. The monoisotopic (exact) mass is 268 g/mol. The topological polar surface area (TPSA) is 24.5 Å². The standard InChI is InChI=1S/C16H32N2O/c1-4-7-15-12-18(10-5-6-11-19-3)16(2,13-17-15)14-8-9-14/h14-15,17H,4-13H2,1-3H3. The summed E-state index contributed by atoms with van der Waals surface area (Å²) in [5, 5.41) is 3.80. The van der Waals surface area contributed by atoms with Gasteiger partial charge in [0.25, 0.3) is 0 Å². The third-order valence-corrected chi connectivity index (χ3v) is 5.03. The predicted octanol–water partition coefficient (Wildman–Crippen LogP) is 2.66. The molecule has 0 aromatic rings. The van der Waals surface area contributed by atoms with E-state index in [0.29, 0.717) is 11.6 Å². The molecule has 1 aliphatic carbocycles. The van der Waals surface area contributed by atoms with Crippen molar-refractivity contribution < 1.29 is 4.74 Å². The van der Waals surface area contributed by atoms with Crippen LogP contribution in [0.25, 0.3) is 0 Å². The highest BCUT2D eigenvalue weighted by molar-refractivity contribution is 5.04. The SMILES string of the molecule is CCCC1CN(CCCCOC)C(C)(C2CC2)CN1. The van der Waals surface area contributed by atoms with Crippen LogP contribution in [-0.2, 0) is 4.74 Å². The molecule has 3 heteroatoms. The van der Waals surface area contributed by atoms with Gasteiger partial charge in [-0.25, -0.2) is 0 Å². The minimum atomic E-state index is 0.414. The van der Waals surface area contributed by atoms with Crippen LogP contribution in [0.1, 0.15) is 52.4 Å². The second-order valence-electron chi connectivity index (χ2n) is 6.64. The lowest BCUT2D eigenvalue weighted by Gasteiger charge is -2.49. The third kappa shape index (κ3) is 3.93. The summed E-state index contributed by atoms with van der Waals surface area (Å²) in [7, 11) is 1.80. The molecule has 0 bridgehead atoms. The molecule has 0 amide bonds. The van der Waals surface area contributed by atoms with Gasteiger partial charge in [-0.3, -0.25) is 4.90 Å². The molecule has 0 radical (unpaired) electrons. The van der Waals surface area contributed by atoms with Crippen molar-refractivity contribution in [2.24, 2.45) is 5.92 Å². The average molecular weight is 268 g/mol. The molecule has 2 rings (SSSR count). The molecular weight excluding hydrogens is 236 g/mol. The Labute approximate surface area is 119 Å². The number of ether oxygens (including phenoxy) is 1. The Kier molecular flexibility index (Phi) is 5.67. The summed E-state index contributed by atoms with van der Waals surface area (Å²) in [4.78, 5) is 2.79. The van der Waals surface area contributed by atoms with Crippen LogP contribution >= 0.6 is 0 Å². The van der Waals surface area contributed by atoms with Crippen molar-refractivity contribution >= 4 is 0 Å². The Hall–Kier alpha value is -0.120. The molecule has 2 fully saturated rings. The molecule has 2 atom stereocenters. The lowest BCUT2D eigenvalue weighted by Crippen LogP contribution is -2.64. The number of hydrogen-bond donors (Lipinski definition) is 1. The lowest BCUT2D eigenvalue weighted by molar-refractivity contribution is 0.0302. The molecule has 19 heavy (non-hydrogen) atoms. The van der Waals surface area contributed by atoms with Crippen molar-refractivity contribution in [2.45, 2.75) is 64.0 Å². The van der Waals surface area contributed by atoms with E-state index in [-0.39, 0.29) is 0 Å². The first-order chi connectivity index (χ1) is 9.20. The minimum absolute atomic E-state index is 0.414. The summed E-state index contributed by atoms with van der Waals surface area (Å²) in [6.07, 6.45) is 7.94. The van der Waals surface area contributed by atoms with Crippen molar-refractivity contribution in [1.29, 1.82) is 0 Å². The van der Waals surface area contributed by atoms with Crippen LogP contribution in [0.2, 0.25) is 0 Å². The second-order valence-corrected chi connectivity index (χ2v) is 6.64. The van der Waals surface area contributed by atoms with Gasteiger partial charge in [-0.05, 0) is 51.5 Å². The molecule has 112 valence electrons. The molecule has 1 saturated heterocycles. The van der Waals surface area contributed by atoms with Crippen LogP contribution in [0.3, 0.4) is 0 Å². The van der Waals surface area contributed by atoms with E-state index in [9.17, 15) is 0 Å². The van der Waals surface area contributed by atoms with E-state index in [2.05, 4.69) is 24.1 Å². The molecule has 1 heterocycles. The maximum atomic E-state index is 5.17. The quantitative estimate of drug-likeness (QED) is 0.685. The van der Waals surface area contributed by atoms with Gasteiger partial charge >= 0.3 is 0 Å². The van der Waals surface area contributed by atoms with Crippen molar-refractivity contribution in [3.8, 4) is 0 Å². The fraction of sp³-hybridized carbons (Fsp3) is 1.00. The van der Waals surface area contributed by atoms with Crippen molar-refractivity contribution in [2.75, 3.05) is 33.4 Å². The lowest BCUT2D eigenvalue weighted by atomic mass is 9.88. The number of nitrogens with one attached hydrogen (secondary N) is 1. The summed E-state index contributed by atoms with van der Waals surface area (Å²) in [6, 6.07) is 0.708. The molecular formula is C16H32N2O. The first kappa shape index (κ1) is 15.3. The summed E-state index contributed by atoms with van der Waals surface area (Å²) >= 11 is 0. The molecule has 1 N–H and O–H groups in total. The van der Waals surface area contributed by atoms with Crippen LogP contribution in [0.15, 0.2) is 0 Å². The van der Waals surface area contributed by atoms with Gasteiger partial charge in [0, 0.05) is 38.4 Å². The van der Waals surface area contributed by atoms with E-state index in [1.54, 1.807) is 7.11 Å². The van der Waals surface area contributed by atoms with Crippen molar-refractivity contribution in [3.05, 3.63) is 0 Å². The second kappa shape index (κ2) is 7.05. The average Bonchev–Trinajstić information content (AvgIpc) is 3.23. The largest absolute Gasteiger partial charge is 0.385 e. The Bertz CT molecular complexity index is 267. The molecule has 0 aromatic carbocycles. The number of rotatable bonds is 8. The zero-order valence-electron chi connectivity index (χ0n) is 13.1. The summed E-state index contributed by atoms with van der Waals surface area (Å²) in [6.45, 7) is 9.36. The molecule has 0 spiro atoms. The number of methoxy groups -OCH3 is 1. The number of hydrogen-bond acceptors (Lipinski definition) is 3. The van der Waals surface area contributed by atoms with Gasteiger partial charge in [-0.2, -0.15) is 0 Å². The van der Waals surface area contributed by atoms with Crippen LogP contribution in [0.4, 0.5) is 0 Å². The normalized spacial score (nSPS) is 32.7. The number of piperazine rings is 1. The van der Waals surface area contributed by atoms with Gasteiger partial charge < -0.3 is 10.1 Å². The molecule has 0 aromatic heterocycles. The Morgan fingerprint density at radius 3 is 2.74 bits per heavy atom. The van der Waals surface area contributed by atoms with Gasteiger partial charge in [0.1, 0.15) is 0 Å². The van der Waals surface area contributed by atoms with E-state index in [1.165, 1.54) is 58.2 Å². The van der Waals surface area contributed by atoms with Gasteiger partial charge in [-0.1, -0.05) is 13.3 Å². The Morgan fingerprint density at radius 2 is 2.11 bits per heavy atom. The van der Waals surface area contributed by atoms with Gasteiger partial charge in [0.2, 0.25) is 0 Å². The van der Waals surface area contributed by atoms with E-state index in [4.69, 9.17) is 4.74 Å². The highest BCUT2D eigenvalue weighted by Gasteiger charge is 2.47. The molecule has 2 aliphatic rings. The Balaban J connectivity index is 1.87. The maximum absolute atomic E-state index is 5.17. The zero-order valence-corrected chi connectivity index (χ0v) is 13.1. The van der Waals surface area contributed by atoms with Crippen LogP contribution < -0.4 is 5.32 Å². The minimum Gasteiger partial charge on any atom is -0.385 e. The first-order valence-electron chi connectivity index (χ1n) is 8.18. The number of unbranched alkanes of at least 4 members (excludes halogenated alkanes) is 1. The number of nitrogens with zero attached hydrogens (tertiary/aromatic N) is 1. The van der Waals surface area contributed by atoms with E-state index in [1.807, 2.05) is 0 Å². The van der Waals surface area contributed by atoms with E-state index >= 15 is 0 Å². The predicted molar refractivity (Wildman–Crippen MR) is 80.5 cm³/mol. The molecule has 1 aliphatic heterocycles. The summed E-state index contributed by atoms with van der Waals surface area (Å²) in [5.74, 6) is 0.935. The van der Waals surface area contributed by atoms with E-state index < -0.39 is 0 Å². The Morgan fingerprint density at radius 1 is 1.32 bits per heavy atom. The molecule has 2 unspecified atom stereocenters. The highest BCUT2D eigenvalue weighted by Crippen LogP contribution is 2.44. The van der Waals surface area contributed by atoms with Gasteiger partial charge in [-0.15, -0.1) is 0 Å². The van der Waals surface area contributed by atoms with E-state index in [0.717, 1.165) is 12.5 Å². The van der Waals surface area contributed by atoms with Gasteiger partial charge in [0.15, 0.2) is 0 Å². The summed E-state index contributed by atoms with van der Waals surface area (Å²) in [5.41, 5.74) is 0.414. The fourth-order valence-corrected chi connectivity index (χ4v) is 3.55. The van der Waals surface area contributed by atoms with Crippen LogP contribution in [-0.4, -0.2) is 49.8 Å². The molecule has 3 nitrogen and oxygen atoms in total. The smallest absolute Gasteiger partial charge is 0.0462 e. The fourth-order valence-electron chi connectivity index (χ4n) is 3.55. The van der Waals surface area contributed by atoms with Crippen LogP contribution in [0, 0.1) is 5.92 Å². The maximum Gasteiger partial charge on any atom is 0.0462 e. The highest BCUT2D eigenvalue weighted by atomic mass is 16.5. The summed E-state index contributed by atoms with van der Waals surface area (Å²) < 4.78 is 5.17. The van der Waals surface area contributed by atoms with Gasteiger partial charge in [0.05, 0.1) is 0 Å².